The minimum absolute atomic E-state index is 0.260. The van der Waals surface area contributed by atoms with Crippen LogP contribution in [0.15, 0.2) is 36.7 Å². The van der Waals surface area contributed by atoms with Crippen molar-refractivity contribution in [3.05, 3.63) is 47.9 Å². The van der Waals surface area contributed by atoms with E-state index < -0.39 is 5.97 Å². The van der Waals surface area contributed by atoms with E-state index in [1.165, 1.54) is 13.4 Å². The zero-order valence-electron chi connectivity index (χ0n) is 13.9. The van der Waals surface area contributed by atoms with E-state index >= 15 is 0 Å². The molecule has 1 heterocycles. The van der Waals surface area contributed by atoms with Crippen molar-refractivity contribution < 1.29 is 14.3 Å². The molecule has 0 saturated heterocycles. The van der Waals surface area contributed by atoms with E-state index in [2.05, 4.69) is 20.0 Å². The molecule has 2 aromatic rings. The summed E-state index contributed by atoms with van der Waals surface area (Å²) < 4.78 is 4.67. The summed E-state index contributed by atoms with van der Waals surface area (Å²) in [5.74, 6) is -0.131. The molecule has 7 heteroatoms. The van der Waals surface area contributed by atoms with Crippen LogP contribution in [0.4, 0.5) is 11.5 Å². The molecular weight excluding hydrogens is 308 g/mol. The van der Waals surface area contributed by atoms with Gasteiger partial charge in [0.05, 0.1) is 12.7 Å². The fourth-order valence-electron chi connectivity index (χ4n) is 2.23. The van der Waals surface area contributed by atoms with Gasteiger partial charge in [0.1, 0.15) is 17.8 Å². The van der Waals surface area contributed by atoms with Gasteiger partial charge in [0.2, 0.25) is 0 Å². The summed E-state index contributed by atoms with van der Waals surface area (Å²) in [5.41, 5.74) is 1.11. The number of benzene rings is 1. The minimum atomic E-state index is -0.461. The molecule has 126 valence electrons. The standard InChI is InChI=1S/C17H20N4O3/c1-4-21(5-2)15-10-14(18-11-19-15)16(22)20-13-8-6-7-12(9-13)17(23)24-3/h6-11H,4-5H2,1-3H3,(H,20,22). The smallest absolute Gasteiger partial charge is 0.337 e. The van der Waals surface area contributed by atoms with E-state index in [1.54, 1.807) is 30.3 Å². The molecule has 0 spiro atoms. The number of amides is 1. The highest BCUT2D eigenvalue weighted by atomic mass is 16.5. The predicted octanol–water partition coefficient (Wildman–Crippen LogP) is 2.36. The van der Waals surface area contributed by atoms with Crippen molar-refractivity contribution in [1.82, 2.24) is 9.97 Å². The Kier molecular flexibility index (Phi) is 5.83. The fourth-order valence-corrected chi connectivity index (χ4v) is 2.23. The van der Waals surface area contributed by atoms with Gasteiger partial charge in [0.15, 0.2) is 0 Å². The van der Waals surface area contributed by atoms with Crippen LogP contribution < -0.4 is 10.2 Å². The first-order chi connectivity index (χ1) is 11.6. The van der Waals surface area contributed by atoms with Crippen LogP contribution in [0, 0.1) is 0 Å². The third-order valence-electron chi connectivity index (χ3n) is 3.51. The first-order valence-corrected chi connectivity index (χ1v) is 7.65. The monoisotopic (exact) mass is 328 g/mol. The molecule has 2 rings (SSSR count). The lowest BCUT2D eigenvalue weighted by molar-refractivity contribution is 0.0600. The normalized spacial score (nSPS) is 10.1. The molecule has 0 fully saturated rings. The second-order valence-corrected chi connectivity index (χ2v) is 4.96. The molecule has 1 aromatic heterocycles. The molecule has 1 N–H and O–H groups in total. The van der Waals surface area contributed by atoms with E-state index in [1.807, 2.05) is 18.7 Å². The summed E-state index contributed by atoms with van der Waals surface area (Å²) in [6.45, 7) is 5.61. The van der Waals surface area contributed by atoms with E-state index in [-0.39, 0.29) is 11.6 Å². The maximum atomic E-state index is 12.4. The van der Waals surface area contributed by atoms with Crippen LogP contribution in [0.5, 0.6) is 0 Å². The van der Waals surface area contributed by atoms with Crippen LogP contribution in [0.1, 0.15) is 34.7 Å². The molecule has 1 aromatic carbocycles. The Labute approximate surface area is 140 Å². The van der Waals surface area contributed by atoms with Crippen molar-refractivity contribution in [1.29, 1.82) is 0 Å². The van der Waals surface area contributed by atoms with Crippen LogP contribution in [0.2, 0.25) is 0 Å². The van der Waals surface area contributed by atoms with Gasteiger partial charge in [-0.15, -0.1) is 0 Å². The van der Waals surface area contributed by atoms with Crippen molar-refractivity contribution >= 4 is 23.4 Å². The summed E-state index contributed by atoms with van der Waals surface area (Å²) in [5, 5.41) is 2.72. The van der Waals surface area contributed by atoms with Crippen LogP contribution in [0.3, 0.4) is 0 Å². The van der Waals surface area contributed by atoms with Gasteiger partial charge >= 0.3 is 5.97 Å². The molecular formula is C17H20N4O3. The largest absolute Gasteiger partial charge is 0.465 e. The highest BCUT2D eigenvalue weighted by Crippen LogP contribution is 2.15. The zero-order valence-corrected chi connectivity index (χ0v) is 13.9. The topological polar surface area (TPSA) is 84.4 Å². The van der Waals surface area contributed by atoms with Gasteiger partial charge in [-0.05, 0) is 32.0 Å². The van der Waals surface area contributed by atoms with Crippen LogP contribution in [-0.2, 0) is 4.74 Å². The number of carbonyl (C=O) groups excluding carboxylic acids is 2. The number of nitrogens with zero attached hydrogens (tertiary/aromatic N) is 3. The summed E-state index contributed by atoms with van der Waals surface area (Å²) in [6, 6.07) is 8.17. The van der Waals surface area contributed by atoms with Crippen molar-refractivity contribution in [3.63, 3.8) is 0 Å². The van der Waals surface area contributed by atoms with Crippen LogP contribution in [-0.4, -0.2) is 42.0 Å². The Bertz CT molecular complexity index is 729. The number of rotatable bonds is 6. The number of methoxy groups -OCH3 is 1. The molecule has 0 bridgehead atoms. The molecule has 0 aliphatic heterocycles. The first kappa shape index (κ1) is 17.4. The Hall–Kier alpha value is -2.96. The maximum Gasteiger partial charge on any atom is 0.337 e. The predicted molar refractivity (Wildman–Crippen MR) is 91.3 cm³/mol. The first-order valence-electron chi connectivity index (χ1n) is 7.65. The van der Waals surface area contributed by atoms with Gasteiger partial charge in [-0.2, -0.15) is 0 Å². The van der Waals surface area contributed by atoms with Gasteiger partial charge in [-0.1, -0.05) is 6.07 Å². The van der Waals surface area contributed by atoms with Gasteiger partial charge in [0.25, 0.3) is 5.91 Å². The number of aromatic nitrogens is 2. The SMILES string of the molecule is CCN(CC)c1cc(C(=O)Nc2cccc(C(=O)OC)c2)ncn1. The summed E-state index contributed by atoms with van der Waals surface area (Å²) in [6.07, 6.45) is 1.37. The summed E-state index contributed by atoms with van der Waals surface area (Å²) in [7, 11) is 1.31. The molecule has 7 nitrogen and oxygen atoms in total. The molecule has 0 saturated carbocycles. The van der Waals surface area contributed by atoms with E-state index in [4.69, 9.17) is 0 Å². The van der Waals surface area contributed by atoms with Crippen LogP contribution in [0.25, 0.3) is 0 Å². The molecule has 0 aliphatic rings. The third-order valence-corrected chi connectivity index (χ3v) is 3.51. The number of ether oxygens (including phenoxy) is 1. The number of esters is 1. The Morgan fingerprint density at radius 1 is 1.17 bits per heavy atom. The Morgan fingerprint density at radius 2 is 1.92 bits per heavy atom. The molecule has 0 radical (unpaired) electrons. The lowest BCUT2D eigenvalue weighted by Crippen LogP contribution is -2.24. The number of carbonyl (C=O) groups is 2. The molecule has 0 unspecified atom stereocenters. The average Bonchev–Trinajstić information content (AvgIpc) is 2.62. The highest BCUT2D eigenvalue weighted by molar-refractivity contribution is 6.03. The van der Waals surface area contributed by atoms with Crippen LogP contribution >= 0.6 is 0 Å². The minimum Gasteiger partial charge on any atom is -0.465 e. The molecule has 1 amide bonds. The third kappa shape index (κ3) is 4.07. The lowest BCUT2D eigenvalue weighted by atomic mass is 10.2. The van der Waals surface area contributed by atoms with Crippen molar-refractivity contribution in [2.45, 2.75) is 13.8 Å². The fraction of sp³-hybridized carbons (Fsp3) is 0.294. The van der Waals surface area contributed by atoms with Crippen molar-refractivity contribution in [3.8, 4) is 0 Å². The molecule has 24 heavy (non-hydrogen) atoms. The lowest BCUT2D eigenvalue weighted by Gasteiger charge is -2.19. The second kappa shape index (κ2) is 8.05. The van der Waals surface area contributed by atoms with Crippen molar-refractivity contribution in [2.24, 2.45) is 0 Å². The quantitative estimate of drug-likeness (QED) is 0.820. The molecule has 0 atom stereocenters. The van der Waals surface area contributed by atoms with Crippen molar-refractivity contribution in [2.75, 3.05) is 30.4 Å². The highest BCUT2D eigenvalue weighted by Gasteiger charge is 2.13. The maximum absolute atomic E-state index is 12.4. The van der Waals surface area contributed by atoms with E-state index in [0.717, 1.165) is 13.1 Å². The van der Waals surface area contributed by atoms with Gasteiger partial charge in [-0.25, -0.2) is 14.8 Å². The van der Waals surface area contributed by atoms with Gasteiger partial charge < -0.3 is 15.0 Å². The summed E-state index contributed by atoms with van der Waals surface area (Å²) >= 11 is 0. The Balaban J connectivity index is 2.18. The number of anilines is 2. The van der Waals surface area contributed by atoms with E-state index in [0.29, 0.717) is 17.1 Å². The number of hydrogen-bond acceptors (Lipinski definition) is 6. The number of hydrogen-bond donors (Lipinski definition) is 1. The zero-order chi connectivity index (χ0) is 17.5. The van der Waals surface area contributed by atoms with Gasteiger partial charge in [-0.3, -0.25) is 4.79 Å². The Morgan fingerprint density at radius 3 is 2.58 bits per heavy atom. The average molecular weight is 328 g/mol. The summed E-state index contributed by atoms with van der Waals surface area (Å²) in [4.78, 5) is 34.2. The second-order valence-electron chi connectivity index (χ2n) is 4.96. The molecule has 0 aliphatic carbocycles. The van der Waals surface area contributed by atoms with Gasteiger partial charge in [0, 0.05) is 24.8 Å². The number of nitrogens with one attached hydrogen (secondary N) is 1. The van der Waals surface area contributed by atoms with E-state index in [9.17, 15) is 9.59 Å².